The Morgan fingerprint density at radius 2 is 2.18 bits per heavy atom. The van der Waals surface area contributed by atoms with Gasteiger partial charge in [-0.15, -0.1) is 0 Å². The monoisotopic (exact) mass is 154 g/mol. The molecule has 0 radical (unpaired) electrons. The number of carbonyl (C=O) groups excluding carboxylic acids is 1. The summed E-state index contributed by atoms with van der Waals surface area (Å²) in [7, 11) is 0. The molecule has 2 heterocycles. The quantitative estimate of drug-likeness (QED) is 0.575. The van der Waals surface area contributed by atoms with Gasteiger partial charge in [0.1, 0.15) is 0 Å². The van der Waals surface area contributed by atoms with Crippen LogP contribution in [0.2, 0.25) is 0 Å². The predicted octanol–water partition coefficient (Wildman–Crippen LogP) is -0.0293. The van der Waals surface area contributed by atoms with Crippen LogP contribution < -0.4 is 5.32 Å². The minimum absolute atomic E-state index is 0.148. The average molecular weight is 154 g/mol. The summed E-state index contributed by atoms with van der Waals surface area (Å²) >= 11 is 0. The number of rotatable bonds is 1. The number of nitrogens with one attached hydrogen (secondary N) is 1. The topological polar surface area (TPSA) is 32.3 Å². The van der Waals surface area contributed by atoms with Crippen molar-refractivity contribution in [1.82, 2.24) is 10.2 Å². The Bertz CT molecular complexity index is 159. The zero-order valence-corrected chi connectivity index (χ0v) is 6.68. The molecule has 1 atom stereocenters. The van der Waals surface area contributed by atoms with Crippen molar-refractivity contribution in [3.8, 4) is 0 Å². The van der Waals surface area contributed by atoms with E-state index in [0.29, 0.717) is 5.91 Å². The van der Waals surface area contributed by atoms with Gasteiger partial charge in [-0.2, -0.15) is 0 Å². The first-order valence-corrected chi connectivity index (χ1v) is 4.40. The molecule has 11 heavy (non-hydrogen) atoms. The highest BCUT2D eigenvalue weighted by Crippen LogP contribution is 2.13. The van der Waals surface area contributed by atoms with Gasteiger partial charge in [-0.25, -0.2) is 0 Å². The van der Waals surface area contributed by atoms with Crippen LogP contribution in [0.3, 0.4) is 0 Å². The van der Waals surface area contributed by atoms with E-state index >= 15 is 0 Å². The first kappa shape index (κ1) is 7.10. The fourth-order valence-electron chi connectivity index (χ4n) is 1.65. The maximum Gasteiger partial charge on any atom is 0.239 e. The van der Waals surface area contributed by atoms with E-state index in [-0.39, 0.29) is 6.04 Å². The Labute approximate surface area is 66.8 Å². The third-order valence-electron chi connectivity index (χ3n) is 2.53. The van der Waals surface area contributed by atoms with Gasteiger partial charge in [0.15, 0.2) is 0 Å². The molecule has 2 rings (SSSR count). The molecule has 0 saturated carbocycles. The zero-order chi connectivity index (χ0) is 7.68. The second kappa shape index (κ2) is 2.81. The number of amides is 1. The van der Waals surface area contributed by atoms with Crippen molar-refractivity contribution in [1.29, 1.82) is 0 Å². The molecule has 0 unspecified atom stereocenters. The van der Waals surface area contributed by atoms with Crippen molar-refractivity contribution in [2.24, 2.45) is 0 Å². The Balaban J connectivity index is 1.87. The Hall–Kier alpha value is -0.570. The van der Waals surface area contributed by atoms with Crippen LogP contribution in [-0.4, -0.2) is 36.5 Å². The van der Waals surface area contributed by atoms with Gasteiger partial charge in [0, 0.05) is 13.1 Å². The molecule has 0 aromatic rings. The molecule has 2 aliphatic heterocycles. The van der Waals surface area contributed by atoms with Crippen molar-refractivity contribution in [2.45, 2.75) is 25.3 Å². The van der Waals surface area contributed by atoms with Gasteiger partial charge in [0.2, 0.25) is 5.91 Å². The number of hydrogen-bond donors (Lipinski definition) is 1. The molecule has 0 aromatic carbocycles. The third kappa shape index (κ3) is 1.25. The van der Waals surface area contributed by atoms with Crippen LogP contribution in [0.1, 0.15) is 19.3 Å². The fraction of sp³-hybridized carbons (Fsp3) is 0.875. The number of likely N-dealkylation sites (tertiary alicyclic amines) is 1. The molecule has 1 N–H and O–H groups in total. The summed E-state index contributed by atoms with van der Waals surface area (Å²) in [6, 6.07) is 0.148. The SMILES string of the molecule is O=C([C@@H]1CCCN1)N1CCC1. The van der Waals surface area contributed by atoms with Crippen LogP contribution in [0.5, 0.6) is 0 Å². The number of carbonyl (C=O) groups is 1. The van der Waals surface area contributed by atoms with Crippen molar-refractivity contribution < 1.29 is 4.79 Å². The summed E-state index contributed by atoms with van der Waals surface area (Å²) in [5, 5.41) is 3.21. The van der Waals surface area contributed by atoms with E-state index in [2.05, 4.69) is 5.32 Å². The van der Waals surface area contributed by atoms with Gasteiger partial charge >= 0.3 is 0 Å². The molecule has 2 aliphatic rings. The maximum atomic E-state index is 11.5. The van der Waals surface area contributed by atoms with Crippen molar-refractivity contribution >= 4 is 5.91 Å². The van der Waals surface area contributed by atoms with Crippen LogP contribution in [0.25, 0.3) is 0 Å². The molecular weight excluding hydrogens is 140 g/mol. The highest BCUT2D eigenvalue weighted by atomic mass is 16.2. The van der Waals surface area contributed by atoms with Crippen LogP contribution in [0.4, 0.5) is 0 Å². The van der Waals surface area contributed by atoms with E-state index in [4.69, 9.17) is 0 Å². The van der Waals surface area contributed by atoms with Crippen molar-refractivity contribution in [3.63, 3.8) is 0 Å². The van der Waals surface area contributed by atoms with Gasteiger partial charge in [0.25, 0.3) is 0 Å². The molecule has 2 saturated heterocycles. The highest BCUT2D eigenvalue weighted by Gasteiger charge is 2.29. The van der Waals surface area contributed by atoms with E-state index in [0.717, 1.165) is 32.5 Å². The van der Waals surface area contributed by atoms with Gasteiger partial charge in [-0.1, -0.05) is 0 Å². The van der Waals surface area contributed by atoms with Crippen LogP contribution in [0.15, 0.2) is 0 Å². The first-order valence-electron chi connectivity index (χ1n) is 4.40. The number of nitrogens with zero attached hydrogens (tertiary/aromatic N) is 1. The van der Waals surface area contributed by atoms with Crippen molar-refractivity contribution in [2.75, 3.05) is 19.6 Å². The Kier molecular flexibility index (Phi) is 1.82. The van der Waals surface area contributed by atoms with E-state index < -0.39 is 0 Å². The number of hydrogen-bond acceptors (Lipinski definition) is 2. The van der Waals surface area contributed by atoms with E-state index in [1.165, 1.54) is 6.42 Å². The van der Waals surface area contributed by atoms with Crippen molar-refractivity contribution in [3.05, 3.63) is 0 Å². The minimum atomic E-state index is 0.148. The lowest BCUT2D eigenvalue weighted by Crippen LogP contribution is -2.49. The smallest absolute Gasteiger partial charge is 0.239 e. The second-order valence-corrected chi connectivity index (χ2v) is 3.33. The van der Waals surface area contributed by atoms with Crippen LogP contribution >= 0.6 is 0 Å². The van der Waals surface area contributed by atoms with Crippen LogP contribution in [0, 0.1) is 0 Å². The van der Waals surface area contributed by atoms with Gasteiger partial charge < -0.3 is 10.2 Å². The molecule has 0 spiro atoms. The molecule has 0 aliphatic carbocycles. The van der Waals surface area contributed by atoms with Gasteiger partial charge in [-0.3, -0.25) is 4.79 Å². The summed E-state index contributed by atoms with van der Waals surface area (Å²) in [6.45, 7) is 2.98. The molecule has 1 amide bonds. The summed E-state index contributed by atoms with van der Waals surface area (Å²) in [4.78, 5) is 13.4. The Morgan fingerprint density at radius 3 is 2.64 bits per heavy atom. The second-order valence-electron chi connectivity index (χ2n) is 3.33. The average Bonchev–Trinajstić information content (AvgIpc) is 2.32. The minimum Gasteiger partial charge on any atom is -0.341 e. The molecule has 2 fully saturated rings. The summed E-state index contributed by atoms with van der Waals surface area (Å²) in [6.07, 6.45) is 3.39. The maximum absolute atomic E-state index is 11.5. The molecule has 0 aromatic heterocycles. The lowest BCUT2D eigenvalue weighted by molar-refractivity contribution is -0.136. The van der Waals surface area contributed by atoms with E-state index in [1.807, 2.05) is 4.90 Å². The largest absolute Gasteiger partial charge is 0.341 e. The standard InChI is InChI=1S/C8H14N2O/c11-8(10-5-2-6-10)7-3-1-4-9-7/h7,9H,1-6H2/t7-/m0/s1. The van der Waals surface area contributed by atoms with Crippen LogP contribution in [-0.2, 0) is 4.79 Å². The first-order chi connectivity index (χ1) is 5.38. The van der Waals surface area contributed by atoms with Gasteiger partial charge in [0.05, 0.1) is 6.04 Å². The highest BCUT2D eigenvalue weighted by molar-refractivity contribution is 5.82. The summed E-state index contributed by atoms with van der Waals surface area (Å²) < 4.78 is 0. The van der Waals surface area contributed by atoms with E-state index in [9.17, 15) is 4.79 Å². The lowest BCUT2D eigenvalue weighted by atomic mass is 10.1. The fourth-order valence-corrected chi connectivity index (χ4v) is 1.65. The molecule has 0 bridgehead atoms. The van der Waals surface area contributed by atoms with Gasteiger partial charge in [-0.05, 0) is 25.8 Å². The molecule has 3 heteroatoms. The predicted molar refractivity (Wildman–Crippen MR) is 42.2 cm³/mol. The zero-order valence-electron chi connectivity index (χ0n) is 6.68. The molecule has 3 nitrogen and oxygen atoms in total. The summed E-state index contributed by atoms with van der Waals surface area (Å²) in [5.74, 6) is 0.328. The lowest BCUT2D eigenvalue weighted by Gasteiger charge is -2.33. The molecular formula is C8H14N2O. The normalized spacial score (nSPS) is 30.2. The third-order valence-corrected chi connectivity index (χ3v) is 2.53. The summed E-state index contributed by atoms with van der Waals surface area (Å²) in [5.41, 5.74) is 0. The molecule has 62 valence electrons. The Morgan fingerprint density at radius 1 is 1.36 bits per heavy atom. The van der Waals surface area contributed by atoms with E-state index in [1.54, 1.807) is 0 Å².